The maximum absolute atomic E-state index is 14.0. The van der Waals surface area contributed by atoms with Gasteiger partial charge < -0.3 is 19.7 Å². The molecule has 0 unspecified atom stereocenters. The number of aryl methyl sites for hydroxylation is 1. The fourth-order valence-electron chi connectivity index (χ4n) is 5.94. The first-order chi connectivity index (χ1) is 19.3. The van der Waals surface area contributed by atoms with Crippen LogP contribution in [0.5, 0.6) is 0 Å². The Morgan fingerprint density at radius 1 is 1.17 bits per heavy atom. The first-order valence-corrected chi connectivity index (χ1v) is 15.6. The van der Waals surface area contributed by atoms with Crippen molar-refractivity contribution in [2.45, 2.75) is 110 Å². The summed E-state index contributed by atoms with van der Waals surface area (Å²) in [6, 6.07) is 9.63. The molecule has 0 amide bonds. The normalized spacial score (nSPS) is 33.6. The maximum Gasteiger partial charge on any atom is 0.309 e. The Morgan fingerprint density at radius 3 is 2.54 bits per heavy atom. The molecule has 7 nitrogen and oxygen atoms in total. The summed E-state index contributed by atoms with van der Waals surface area (Å²) in [5, 5.41) is 25.6. The smallest absolute Gasteiger partial charge is 0.309 e. The van der Waals surface area contributed by atoms with Gasteiger partial charge in [-0.25, -0.2) is 4.98 Å². The van der Waals surface area contributed by atoms with Crippen molar-refractivity contribution in [1.29, 1.82) is 0 Å². The number of carbonyl (C=O) groups excluding carboxylic acids is 2. The number of aliphatic hydroxyl groups is 2. The van der Waals surface area contributed by atoms with E-state index in [9.17, 15) is 19.8 Å². The number of hydrogen-bond donors (Lipinski definition) is 2. The molecular formula is C33H45NO6S. The number of carbonyl (C=O) groups is 2. The van der Waals surface area contributed by atoms with Crippen LogP contribution in [-0.2, 0) is 25.5 Å². The second-order valence-electron chi connectivity index (χ2n) is 12.8. The van der Waals surface area contributed by atoms with E-state index in [1.807, 2.05) is 62.6 Å². The molecule has 3 heterocycles. The van der Waals surface area contributed by atoms with E-state index < -0.39 is 35.6 Å². The van der Waals surface area contributed by atoms with Crippen LogP contribution >= 0.6 is 11.3 Å². The van der Waals surface area contributed by atoms with Crippen molar-refractivity contribution in [2.24, 2.45) is 17.3 Å². The lowest BCUT2D eigenvalue weighted by molar-refractivity contribution is -0.154. The third-order valence-corrected chi connectivity index (χ3v) is 9.84. The second kappa shape index (κ2) is 12.9. The molecule has 0 saturated carbocycles. The number of Topliss-reactive ketones (excluding diaryl/α,β-unsaturated/α-hetero) is 1. The summed E-state index contributed by atoms with van der Waals surface area (Å²) in [4.78, 5) is 31.7. The number of ketones is 1. The van der Waals surface area contributed by atoms with Crippen LogP contribution in [0.4, 0.5) is 0 Å². The molecular weight excluding hydrogens is 538 g/mol. The number of fused-ring (bicyclic) bond motifs is 1. The monoisotopic (exact) mass is 583 g/mol. The fraction of sp³-hybridized carbons (Fsp3) is 0.606. The number of aromatic nitrogens is 1. The number of nitrogens with zero attached hydrogens (tertiary/aromatic N) is 1. The molecule has 2 N–H and O–H groups in total. The standard InChI is InChI=1S/C33H45NO6S/c1-20-11-10-14-33(6)28(40-33)17-26(21(2)15-24-19-41-22(3)34-24)39-29(36)18-27(35)32(4,5)31(38)25(30(20)37)16-23-12-8-7-9-13-23/h7-9,12-13,15,19-20,25-28,30,35,37H,10-11,14,16-18H2,1-6H3/t20-,25+,26-,27-,28-,30-,33+/m0/s1. The number of ether oxygens (including phenoxy) is 2. The van der Waals surface area contributed by atoms with Crippen molar-refractivity contribution < 1.29 is 29.3 Å². The Morgan fingerprint density at radius 2 is 1.88 bits per heavy atom. The van der Waals surface area contributed by atoms with Crippen molar-refractivity contribution in [3.63, 3.8) is 0 Å². The van der Waals surface area contributed by atoms with E-state index in [-0.39, 0.29) is 29.8 Å². The van der Waals surface area contributed by atoms with E-state index in [0.717, 1.165) is 41.1 Å². The maximum atomic E-state index is 14.0. The van der Waals surface area contributed by atoms with Crippen LogP contribution < -0.4 is 0 Å². The van der Waals surface area contributed by atoms with Crippen LogP contribution in [0, 0.1) is 24.2 Å². The van der Waals surface area contributed by atoms with Gasteiger partial charge in [0.1, 0.15) is 11.9 Å². The highest BCUT2D eigenvalue weighted by atomic mass is 32.1. The number of hydrogen-bond acceptors (Lipinski definition) is 8. The van der Waals surface area contributed by atoms with Gasteiger partial charge in [0, 0.05) is 17.7 Å². The van der Waals surface area contributed by atoms with Crippen LogP contribution in [0.25, 0.3) is 6.08 Å². The Bertz CT molecular complexity index is 1240. The number of rotatable bonds is 4. The molecule has 0 bridgehead atoms. The summed E-state index contributed by atoms with van der Waals surface area (Å²) in [7, 11) is 0. The molecule has 7 atom stereocenters. The first kappa shape index (κ1) is 31.5. The van der Waals surface area contributed by atoms with Gasteiger partial charge in [-0.2, -0.15) is 0 Å². The highest BCUT2D eigenvalue weighted by Gasteiger charge is 2.53. The topological polar surface area (TPSA) is 109 Å². The third kappa shape index (κ3) is 7.72. The number of benzene rings is 1. The van der Waals surface area contributed by atoms with Crippen molar-refractivity contribution in [1.82, 2.24) is 4.98 Å². The van der Waals surface area contributed by atoms with E-state index in [0.29, 0.717) is 12.8 Å². The lowest BCUT2D eigenvalue weighted by Crippen LogP contribution is -2.47. The summed E-state index contributed by atoms with van der Waals surface area (Å²) < 4.78 is 12.1. The molecule has 0 radical (unpaired) electrons. The molecule has 2 aromatic rings. The van der Waals surface area contributed by atoms with E-state index in [1.54, 1.807) is 25.2 Å². The van der Waals surface area contributed by atoms with E-state index in [4.69, 9.17) is 9.47 Å². The molecule has 0 spiro atoms. The van der Waals surface area contributed by atoms with Crippen LogP contribution in [0.2, 0.25) is 0 Å². The number of esters is 1. The van der Waals surface area contributed by atoms with Gasteiger partial charge in [-0.15, -0.1) is 11.3 Å². The summed E-state index contributed by atoms with van der Waals surface area (Å²) in [6.45, 7) is 11.2. The lowest BCUT2D eigenvalue weighted by Gasteiger charge is -2.36. The van der Waals surface area contributed by atoms with Gasteiger partial charge in [-0.1, -0.05) is 57.5 Å². The minimum atomic E-state index is -1.27. The molecule has 1 aromatic carbocycles. The Hall–Kier alpha value is -2.39. The number of cyclic esters (lactones) is 1. The lowest BCUT2D eigenvalue weighted by atomic mass is 9.70. The Balaban J connectivity index is 1.61. The van der Waals surface area contributed by atoms with E-state index in [1.165, 1.54) is 0 Å². The second-order valence-corrected chi connectivity index (χ2v) is 13.8. The molecule has 1 aromatic heterocycles. The molecule has 2 aliphatic rings. The zero-order valence-corrected chi connectivity index (χ0v) is 25.9. The zero-order chi connectivity index (χ0) is 29.9. The summed E-state index contributed by atoms with van der Waals surface area (Å²) in [5.74, 6) is -1.68. The van der Waals surface area contributed by atoms with Gasteiger partial charge in [-0.3, -0.25) is 9.59 Å². The predicted molar refractivity (Wildman–Crippen MR) is 160 cm³/mol. The van der Waals surface area contributed by atoms with Gasteiger partial charge >= 0.3 is 5.97 Å². The van der Waals surface area contributed by atoms with Crippen LogP contribution in [0.15, 0.2) is 41.3 Å². The molecule has 2 saturated heterocycles. The van der Waals surface area contributed by atoms with E-state index >= 15 is 0 Å². The number of aliphatic hydroxyl groups excluding tert-OH is 2. The van der Waals surface area contributed by atoms with Crippen molar-refractivity contribution in [3.8, 4) is 0 Å². The Kier molecular flexibility index (Phi) is 9.89. The molecule has 2 aliphatic heterocycles. The minimum absolute atomic E-state index is 0.0669. The predicted octanol–water partition coefficient (Wildman–Crippen LogP) is 5.70. The molecule has 2 fully saturated rings. The quantitative estimate of drug-likeness (QED) is 0.351. The summed E-state index contributed by atoms with van der Waals surface area (Å²) in [5.41, 5.74) is 1.01. The average molecular weight is 584 g/mol. The van der Waals surface area contributed by atoms with Crippen molar-refractivity contribution >= 4 is 29.2 Å². The summed E-state index contributed by atoms with van der Waals surface area (Å²) >= 11 is 1.56. The number of thiazole rings is 1. The molecule has 4 rings (SSSR count). The highest BCUT2D eigenvalue weighted by molar-refractivity contribution is 7.09. The number of epoxide rings is 1. The van der Waals surface area contributed by atoms with E-state index in [2.05, 4.69) is 11.9 Å². The van der Waals surface area contributed by atoms with Gasteiger partial charge in [0.2, 0.25) is 0 Å². The molecule has 0 aliphatic carbocycles. The largest absolute Gasteiger partial charge is 0.458 e. The summed E-state index contributed by atoms with van der Waals surface area (Å²) in [6.07, 6.45) is 2.09. The van der Waals surface area contributed by atoms with Gasteiger partial charge in [-0.05, 0) is 63.2 Å². The molecule has 8 heteroatoms. The third-order valence-electron chi connectivity index (χ3n) is 9.05. The SMILES string of the molecule is CC(=Cc1csc(C)n1)[C@@H]1C[C@@H]2O[C@]2(C)CCC[C@H](C)[C@H](O)[C@@H](Cc2ccccc2)C(=O)C(C)(C)[C@@H](O)CC(=O)O1. The fourth-order valence-corrected chi connectivity index (χ4v) is 6.51. The highest BCUT2D eigenvalue weighted by Crippen LogP contribution is 2.45. The molecule has 224 valence electrons. The zero-order valence-electron chi connectivity index (χ0n) is 25.1. The van der Waals surface area contributed by atoms with Gasteiger partial charge in [0.05, 0.1) is 46.5 Å². The van der Waals surface area contributed by atoms with Crippen LogP contribution in [0.1, 0.15) is 83.0 Å². The Labute approximate surface area is 248 Å². The van der Waals surface area contributed by atoms with Gasteiger partial charge in [0.25, 0.3) is 0 Å². The first-order valence-electron chi connectivity index (χ1n) is 14.7. The molecule has 41 heavy (non-hydrogen) atoms. The van der Waals surface area contributed by atoms with Crippen molar-refractivity contribution in [2.75, 3.05) is 0 Å². The average Bonchev–Trinajstić information content (AvgIpc) is 3.37. The van der Waals surface area contributed by atoms with Crippen LogP contribution in [0.3, 0.4) is 0 Å². The van der Waals surface area contributed by atoms with Crippen molar-refractivity contribution in [3.05, 3.63) is 57.6 Å². The van der Waals surface area contributed by atoms with Gasteiger partial charge in [0.15, 0.2) is 0 Å². The van der Waals surface area contributed by atoms with Crippen LogP contribution in [-0.4, -0.2) is 57.0 Å². The minimum Gasteiger partial charge on any atom is -0.458 e.